The van der Waals surface area contributed by atoms with Crippen molar-refractivity contribution in [3.8, 4) is 11.5 Å². The van der Waals surface area contributed by atoms with Gasteiger partial charge in [0.25, 0.3) is 5.89 Å². The maximum atomic E-state index is 12.7. The van der Waals surface area contributed by atoms with Crippen molar-refractivity contribution in [1.29, 1.82) is 0 Å². The summed E-state index contributed by atoms with van der Waals surface area (Å²) in [6.45, 7) is 1.11. The number of benzene rings is 1. The molecule has 6 nitrogen and oxygen atoms in total. The summed E-state index contributed by atoms with van der Waals surface area (Å²) in [5.74, 6) is 1.49. The van der Waals surface area contributed by atoms with Crippen molar-refractivity contribution in [3.05, 3.63) is 36.2 Å². The molecule has 2 atom stereocenters. The maximum Gasteiger partial charge on any atom is 0.257 e. The van der Waals surface area contributed by atoms with Crippen molar-refractivity contribution in [2.45, 2.75) is 42.8 Å². The molecular weight excluding hydrogens is 338 g/mol. The molecule has 1 saturated heterocycles. The van der Waals surface area contributed by atoms with Gasteiger partial charge in [-0.15, -0.1) is 0 Å². The highest BCUT2D eigenvalue weighted by Gasteiger charge is 2.57. The van der Waals surface area contributed by atoms with Crippen LogP contribution in [0.25, 0.3) is 11.5 Å². The quantitative estimate of drug-likeness (QED) is 0.839. The van der Waals surface area contributed by atoms with Crippen molar-refractivity contribution < 1.29 is 12.9 Å². The molecule has 5 rings (SSSR count). The molecule has 2 aromatic rings. The number of nitrogens with zero attached hydrogens (tertiary/aromatic N) is 3. The fourth-order valence-corrected chi connectivity index (χ4v) is 6.45. The van der Waals surface area contributed by atoms with Gasteiger partial charge in [0.2, 0.25) is 10.0 Å². The van der Waals surface area contributed by atoms with Crippen molar-refractivity contribution in [3.63, 3.8) is 0 Å². The summed E-state index contributed by atoms with van der Waals surface area (Å²) in [5.41, 5.74) is 0.617. The lowest BCUT2D eigenvalue weighted by molar-refractivity contribution is 0.340. The van der Waals surface area contributed by atoms with Crippen molar-refractivity contribution in [2.75, 3.05) is 13.1 Å². The Hall–Kier alpha value is -1.73. The highest BCUT2D eigenvalue weighted by atomic mass is 32.2. The molecule has 2 heterocycles. The van der Waals surface area contributed by atoms with Crippen LogP contribution in [-0.4, -0.2) is 41.2 Å². The van der Waals surface area contributed by atoms with E-state index in [0.717, 1.165) is 37.7 Å². The van der Waals surface area contributed by atoms with E-state index in [0.29, 0.717) is 30.7 Å². The predicted octanol–water partition coefficient (Wildman–Crippen LogP) is 2.58. The predicted molar refractivity (Wildman–Crippen MR) is 92.3 cm³/mol. The van der Waals surface area contributed by atoms with E-state index in [1.54, 1.807) is 4.31 Å². The van der Waals surface area contributed by atoms with Crippen LogP contribution in [0.4, 0.5) is 0 Å². The van der Waals surface area contributed by atoms with Gasteiger partial charge in [0, 0.05) is 18.7 Å². The summed E-state index contributed by atoms with van der Waals surface area (Å²) in [5, 5.41) is 4.12. The SMILES string of the molecule is O=S(=O)(C1CC1)N1C[C@H]2CCC[C@@]2(c2noc(-c3ccccc3)n2)C1. The van der Waals surface area contributed by atoms with Gasteiger partial charge in [-0.1, -0.05) is 29.8 Å². The lowest BCUT2D eigenvalue weighted by Gasteiger charge is -2.24. The largest absolute Gasteiger partial charge is 0.334 e. The monoisotopic (exact) mass is 359 g/mol. The van der Waals surface area contributed by atoms with Gasteiger partial charge < -0.3 is 4.52 Å². The highest BCUT2D eigenvalue weighted by Crippen LogP contribution is 2.51. The van der Waals surface area contributed by atoms with Gasteiger partial charge >= 0.3 is 0 Å². The third-order valence-electron chi connectivity index (χ3n) is 6.04. The topological polar surface area (TPSA) is 76.3 Å². The van der Waals surface area contributed by atoms with Gasteiger partial charge in [0.1, 0.15) is 0 Å². The van der Waals surface area contributed by atoms with E-state index in [-0.39, 0.29) is 10.7 Å². The molecule has 1 aliphatic heterocycles. The number of fused-ring (bicyclic) bond motifs is 1. The summed E-state index contributed by atoms with van der Waals surface area (Å²) < 4.78 is 32.6. The first-order valence-corrected chi connectivity index (χ1v) is 10.5. The van der Waals surface area contributed by atoms with Crippen LogP contribution in [0.5, 0.6) is 0 Å². The minimum Gasteiger partial charge on any atom is -0.334 e. The first-order chi connectivity index (χ1) is 12.1. The van der Waals surface area contributed by atoms with Crippen LogP contribution in [0, 0.1) is 5.92 Å². The highest BCUT2D eigenvalue weighted by molar-refractivity contribution is 7.90. The van der Waals surface area contributed by atoms with Crippen LogP contribution in [0.2, 0.25) is 0 Å². The van der Waals surface area contributed by atoms with E-state index in [9.17, 15) is 8.42 Å². The van der Waals surface area contributed by atoms with Crippen molar-refractivity contribution in [2.24, 2.45) is 5.92 Å². The average molecular weight is 359 g/mol. The lowest BCUT2D eigenvalue weighted by Crippen LogP contribution is -2.36. The van der Waals surface area contributed by atoms with Crippen LogP contribution >= 0.6 is 0 Å². The fourth-order valence-electron chi connectivity index (χ4n) is 4.50. The Kier molecular flexibility index (Phi) is 3.34. The molecule has 3 aliphatic rings. The van der Waals surface area contributed by atoms with E-state index < -0.39 is 10.0 Å². The summed E-state index contributed by atoms with van der Waals surface area (Å²) in [7, 11) is -3.15. The molecule has 0 spiro atoms. The standard InChI is InChI=1S/C18H21N3O3S/c22-25(23,15-8-9-15)21-11-14-7-4-10-18(14,12-21)17-19-16(24-20-17)13-5-2-1-3-6-13/h1-3,5-6,14-15H,4,7-12H2/t14-,18-/m1/s1. The third-order valence-corrected chi connectivity index (χ3v) is 8.35. The molecule has 1 aromatic carbocycles. The summed E-state index contributed by atoms with van der Waals surface area (Å²) in [4.78, 5) is 4.67. The lowest BCUT2D eigenvalue weighted by atomic mass is 9.80. The second-order valence-corrected chi connectivity index (χ2v) is 9.78. The molecule has 2 saturated carbocycles. The Bertz CT molecular complexity index is 891. The molecule has 0 bridgehead atoms. The van der Waals surface area contributed by atoms with Crippen molar-refractivity contribution in [1.82, 2.24) is 14.4 Å². The Morgan fingerprint density at radius 3 is 2.72 bits per heavy atom. The summed E-state index contributed by atoms with van der Waals surface area (Å²) in [6, 6.07) is 9.72. The van der Waals surface area contributed by atoms with Crippen molar-refractivity contribution >= 4 is 10.0 Å². The van der Waals surface area contributed by atoms with Gasteiger partial charge in [-0.2, -0.15) is 4.98 Å². The van der Waals surface area contributed by atoms with E-state index in [4.69, 9.17) is 4.52 Å². The summed E-state index contributed by atoms with van der Waals surface area (Å²) in [6.07, 6.45) is 4.67. The molecule has 0 amide bonds. The van der Waals surface area contributed by atoms with E-state index in [1.807, 2.05) is 30.3 Å². The molecule has 0 unspecified atom stereocenters. The molecule has 1 aromatic heterocycles. The number of hydrogen-bond acceptors (Lipinski definition) is 5. The molecule has 132 valence electrons. The van der Waals surface area contributed by atoms with E-state index in [1.165, 1.54) is 0 Å². The van der Waals surface area contributed by atoms with Gasteiger partial charge in [0.15, 0.2) is 5.82 Å². The molecule has 2 aliphatic carbocycles. The smallest absolute Gasteiger partial charge is 0.257 e. The van der Waals surface area contributed by atoms with E-state index in [2.05, 4.69) is 10.1 Å². The summed E-state index contributed by atoms with van der Waals surface area (Å²) >= 11 is 0. The Morgan fingerprint density at radius 2 is 1.96 bits per heavy atom. The first kappa shape index (κ1) is 15.5. The van der Waals surface area contributed by atoms with Crippen LogP contribution < -0.4 is 0 Å². The first-order valence-electron chi connectivity index (χ1n) is 8.98. The Morgan fingerprint density at radius 1 is 1.16 bits per heavy atom. The zero-order valence-corrected chi connectivity index (χ0v) is 14.8. The zero-order valence-electron chi connectivity index (χ0n) is 14.0. The molecule has 25 heavy (non-hydrogen) atoms. The normalized spacial score (nSPS) is 29.8. The van der Waals surface area contributed by atoms with Gasteiger partial charge in [-0.25, -0.2) is 12.7 Å². The number of hydrogen-bond donors (Lipinski definition) is 0. The minimum atomic E-state index is -3.15. The number of rotatable bonds is 4. The van der Waals surface area contributed by atoms with Crippen LogP contribution in [0.1, 0.15) is 37.9 Å². The van der Waals surface area contributed by atoms with Crippen LogP contribution in [0.3, 0.4) is 0 Å². The van der Waals surface area contributed by atoms with Gasteiger partial charge in [-0.05, 0) is 43.7 Å². The average Bonchev–Trinajstić information content (AvgIpc) is 3.06. The zero-order chi connectivity index (χ0) is 17.1. The maximum absolute atomic E-state index is 12.7. The van der Waals surface area contributed by atoms with Gasteiger partial charge in [0.05, 0.1) is 10.7 Å². The minimum absolute atomic E-state index is 0.159. The number of aromatic nitrogens is 2. The van der Waals surface area contributed by atoms with Crippen LogP contribution in [-0.2, 0) is 15.4 Å². The Balaban J connectivity index is 1.49. The Labute approximate surface area is 147 Å². The van der Waals surface area contributed by atoms with Gasteiger partial charge in [-0.3, -0.25) is 0 Å². The third kappa shape index (κ3) is 2.36. The molecule has 0 radical (unpaired) electrons. The molecule has 3 fully saturated rings. The van der Waals surface area contributed by atoms with Crippen LogP contribution in [0.15, 0.2) is 34.9 Å². The second kappa shape index (κ2) is 5.38. The fraction of sp³-hybridized carbons (Fsp3) is 0.556. The number of sulfonamides is 1. The van der Waals surface area contributed by atoms with E-state index >= 15 is 0 Å². The molecule has 0 N–H and O–H groups in total. The second-order valence-electron chi connectivity index (χ2n) is 7.57. The molecule has 7 heteroatoms. The molecular formula is C18H21N3O3S.